The Bertz CT molecular complexity index is 1010. The van der Waals surface area contributed by atoms with Gasteiger partial charge in [0, 0.05) is 17.8 Å². The highest BCUT2D eigenvalue weighted by Crippen LogP contribution is 2.26. The van der Waals surface area contributed by atoms with E-state index in [0.717, 1.165) is 16.8 Å². The van der Waals surface area contributed by atoms with Crippen molar-refractivity contribution < 1.29 is 9.59 Å². The van der Waals surface area contributed by atoms with Crippen molar-refractivity contribution in [2.24, 2.45) is 0 Å². The lowest BCUT2D eigenvalue weighted by Crippen LogP contribution is -2.33. The molecule has 2 amide bonds. The minimum Gasteiger partial charge on any atom is -0.380 e. The van der Waals surface area contributed by atoms with Crippen LogP contribution in [-0.2, 0) is 11.3 Å². The SMILES string of the molecule is Cc1ccccc1C(=O)NCC(=O)Nc1ccc(NCc2ccccc2)c(Cl)c1. The number of halogens is 1. The second kappa shape index (κ2) is 9.75. The zero-order chi connectivity index (χ0) is 20.6. The number of rotatable bonds is 7. The fourth-order valence-electron chi connectivity index (χ4n) is 2.82. The molecule has 3 aromatic rings. The van der Waals surface area contributed by atoms with Gasteiger partial charge in [-0.15, -0.1) is 0 Å². The van der Waals surface area contributed by atoms with Gasteiger partial charge in [-0.05, 0) is 42.3 Å². The molecule has 0 bridgehead atoms. The van der Waals surface area contributed by atoms with Crippen LogP contribution in [0.5, 0.6) is 0 Å². The second-order valence-electron chi connectivity index (χ2n) is 6.58. The first kappa shape index (κ1) is 20.4. The molecule has 0 spiro atoms. The third-order valence-corrected chi connectivity index (χ3v) is 4.69. The van der Waals surface area contributed by atoms with E-state index in [1.807, 2.05) is 55.5 Å². The van der Waals surface area contributed by atoms with Gasteiger partial charge in [0.2, 0.25) is 5.91 Å². The number of carbonyl (C=O) groups is 2. The van der Waals surface area contributed by atoms with E-state index >= 15 is 0 Å². The van der Waals surface area contributed by atoms with Gasteiger partial charge in [-0.3, -0.25) is 9.59 Å². The van der Waals surface area contributed by atoms with Gasteiger partial charge in [-0.25, -0.2) is 0 Å². The molecule has 5 nitrogen and oxygen atoms in total. The lowest BCUT2D eigenvalue weighted by atomic mass is 10.1. The highest BCUT2D eigenvalue weighted by molar-refractivity contribution is 6.33. The molecule has 29 heavy (non-hydrogen) atoms. The van der Waals surface area contributed by atoms with Crippen molar-refractivity contribution in [3.05, 3.63) is 94.5 Å². The first-order valence-corrected chi connectivity index (χ1v) is 9.62. The summed E-state index contributed by atoms with van der Waals surface area (Å²) in [7, 11) is 0. The number of amides is 2. The quantitative estimate of drug-likeness (QED) is 0.534. The molecular formula is C23H22ClN3O2. The van der Waals surface area contributed by atoms with Gasteiger partial charge < -0.3 is 16.0 Å². The van der Waals surface area contributed by atoms with Crippen LogP contribution in [0.15, 0.2) is 72.8 Å². The average molecular weight is 408 g/mol. The predicted octanol–water partition coefficient (Wildman–Crippen LogP) is 4.63. The molecule has 0 saturated heterocycles. The maximum absolute atomic E-state index is 12.2. The number of nitrogens with one attached hydrogen (secondary N) is 3. The first-order valence-electron chi connectivity index (χ1n) is 9.24. The van der Waals surface area contributed by atoms with Crippen molar-refractivity contribution in [3.63, 3.8) is 0 Å². The summed E-state index contributed by atoms with van der Waals surface area (Å²) in [6.07, 6.45) is 0. The Morgan fingerprint density at radius 3 is 2.38 bits per heavy atom. The fraction of sp³-hybridized carbons (Fsp3) is 0.130. The largest absolute Gasteiger partial charge is 0.380 e. The average Bonchev–Trinajstić information content (AvgIpc) is 2.72. The van der Waals surface area contributed by atoms with Crippen LogP contribution in [0.2, 0.25) is 5.02 Å². The molecule has 0 aliphatic rings. The second-order valence-corrected chi connectivity index (χ2v) is 6.99. The number of benzene rings is 3. The molecule has 3 aromatic carbocycles. The van der Waals surface area contributed by atoms with E-state index < -0.39 is 0 Å². The van der Waals surface area contributed by atoms with Gasteiger partial charge in [0.15, 0.2) is 0 Å². The van der Waals surface area contributed by atoms with E-state index in [-0.39, 0.29) is 18.4 Å². The van der Waals surface area contributed by atoms with Crippen LogP contribution in [0.1, 0.15) is 21.5 Å². The minimum atomic E-state index is -0.326. The first-order chi connectivity index (χ1) is 14.0. The topological polar surface area (TPSA) is 70.2 Å². The molecule has 0 fully saturated rings. The van der Waals surface area contributed by atoms with Gasteiger partial charge in [0.1, 0.15) is 0 Å². The van der Waals surface area contributed by atoms with Crippen molar-refractivity contribution in [3.8, 4) is 0 Å². The molecule has 0 unspecified atom stereocenters. The number of carbonyl (C=O) groups excluding carboxylic acids is 2. The Hall–Kier alpha value is -3.31. The molecule has 0 aromatic heterocycles. The summed E-state index contributed by atoms with van der Waals surface area (Å²) in [6.45, 7) is 2.38. The smallest absolute Gasteiger partial charge is 0.251 e. The predicted molar refractivity (Wildman–Crippen MR) is 117 cm³/mol. The fourth-order valence-corrected chi connectivity index (χ4v) is 3.07. The van der Waals surface area contributed by atoms with Gasteiger partial charge in [-0.2, -0.15) is 0 Å². The monoisotopic (exact) mass is 407 g/mol. The van der Waals surface area contributed by atoms with Crippen molar-refractivity contribution >= 4 is 34.8 Å². The van der Waals surface area contributed by atoms with Gasteiger partial charge in [0.25, 0.3) is 5.91 Å². The van der Waals surface area contributed by atoms with Gasteiger partial charge in [-0.1, -0.05) is 60.1 Å². The van der Waals surface area contributed by atoms with Crippen LogP contribution in [0, 0.1) is 6.92 Å². The Balaban J connectivity index is 1.52. The number of hydrogen-bond donors (Lipinski definition) is 3. The van der Waals surface area contributed by atoms with E-state index in [9.17, 15) is 9.59 Å². The van der Waals surface area contributed by atoms with Gasteiger partial charge >= 0.3 is 0 Å². The Labute approximate surface area is 175 Å². The van der Waals surface area contributed by atoms with Crippen LogP contribution in [-0.4, -0.2) is 18.4 Å². The zero-order valence-electron chi connectivity index (χ0n) is 16.0. The molecule has 0 saturated carbocycles. The molecule has 0 aliphatic carbocycles. The van der Waals surface area contributed by atoms with E-state index in [0.29, 0.717) is 22.8 Å². The van der Waals surface area contributed by atoms with E-state index in [4.69, 9.17) is 11.6 Å². The zero-order valence-corrected chi connectivity index (χ0v) is 16.8. The normalized spacial score (nSPS) is 10.3. The summed E-state index contributed by atoms with van der Waals surface area (Å²) in [5.74, 6) is -0.607. The third-order valence-electron chi connectivity index (χ3n) is 4.38. The number of aryl methyl sites for hydroxylation is 1. The van der Waals surface area contributed by atoms with Crippen LogP contribution in [0.4, 0.5) is 11.4 Å². The van der Waals surface area contributed by atoms with Crippen molar-refractivity contribution in [1.82, 2.24) is 5.32 Å². The van der Waals surface area contributed by atoms with Crippen LogP contribution >= 0.6 is 11.6 Å². The van der Waals surface area contributed by atoms with Crippen molar-refractivity contribution in [1.29, 1.82) is 0 Å². The Kier molecular flexibility index (Phi) is 6.87. The lowest BCUT2D eigenvalue weighted by molar-refractivity contribution is -0.115. The van der Waals surface area contributed by atoms with E-state index in [1.54, 1.807) is 24.3 Å². The van der Waals surface area contributed by atoms with E-state index in [2.05, 4.69) is 16.0 Å². The number of hydrogen-bond acceptors (Lipinski definition) is 3. The summed E-state index contributed by atoms with van der Waals surface area (Å²) in [4.78, 5) is 24.3. The molecule has 6 heteroatoms. The van der Waals surface area contributed by atoms with E-state index in [1.165, 1.54) is 0 Å². The molecule has 148 valence electrons. The summed E-state index contributed by atoms with van der Waals surface area (Å²) in [5.41, 5.74) is 3.90. The summed E-state index contributed by atoms with van der Waals surface area (Å²) >= 11 is 6.32. The Morgan fingerprint density at radius 1 is 0.931 bits per heavy atom. The molecule has 3 N–H and O–H groups in total. The van der Waals surface area contributed by atoms with Crippen LogP contribution < -0.4 is 16.0 Å². The highest BCUT2D eigenvalue weighted by Gasteiger charge is 2.11. The Morgan fingerprint density at radius 2 is 1.66 bits per heavy atom. The van der Waals surface area contributed by atoms with Crippen molar-refractivity contribution in [2.75, 3.05) is 17.2 Å². The maximum atomic E-state index is 12.2. The molecular weight excluding hydrogens is 386 g/mol. The van der Waals surface area contributed by atoms with Crippen molar-refractivity contribution in [2.45, 2.75) is 13.5 Å². The lowest BCUT2D eigenvalue weighted by Gasteiger charge is -2.12. The summed E-state index contributed by atoms with van der Waals surface area (Å²) < 4.78 is 0. The number of anilines is 2. The molecule has 0 radical (unpaired) electrons. The molecule has 0 heterocycles. The highest BCUT2D eigenvalue weighted by atomic mass is 35.5. The summed E-state index contributed by atoms with van der Waals surface area (Å²) in [6, 6.07) is 22.5. The molecule has 0 aliphatic heterocycles. The van der Waals surface area contributed by atoms with Crippen LogP contribution in [0.3, 0.4) is 0 Å². The maximum Gasteiger partial charge on any atom is 0.251 e. The molecule has 0 atom stereocenters. The summed E-state index contributed by atoms with van der Waals surface area (Å²) in [5, 5.41) is 9.14. The standard InChI is InChI=1S/C23H22ClN3O2/c1-16-7-5-6-10-19(16)23(29)26-15-22(28)27-18-11-12-21(20(24)13-18)25-14-17-8-3-2-4-9-17/h2-13,25H,14-15H2,1H3,(H,26,29)(H,27,28). The third kappa shape index (κ3) is 5.83. The van der Waals surface area contributed by atoms with Gasteiger partial charge in [0.05, 0.1) is 17.3 Å². The molecule has 3 rings (SSSR count). The van der Waals surface area contributed by atoms with Crippen LogP contribution in [0.25, 0.3) is 0 Å². The minimum absolute atomic E-state index is 0.126.